The summed E-state index contributed by atoms with van der Waals surface area (Å²) in [5.74, 6) is 0. The molecule has 0 N–H and O–H groups in total. The topological polar surface area (TPSA) is 45.8 Å². The molecular weight excluding hydrogens is 200 g/mol. The average Bonchev–Trinajstić information content (AvgIpc) is 2.31. The van der Waals surface area contributed by atoms with E-state index >= 15 is 0 Å². The fraction of sp³-hybridized carbons (Fsp3) is 0.385. The van der Waals surface area contributed by atoms with E-state index in [1.54, 1.807) is 22.9 Å². The molecule has 0 radical (unpaired) electrons. The van der Waals surface area contributed by atoms with E-state index in [-0.39, 0.29) is 11.1 Å². The van der Waals surface area contributed by atoms with E-state index in [1.807, 2.05) is 12.1 Å². The minimum Gasteiger partial charge on any atom is -0.314 e. The van der Waals surface area contributed by atoms with Crippen LogP contribution in [0.15, 0.2) is 35.8 Å². The van der Waals surface area contributed by atoms with E-state index in [0.717, 1.165) is 25.7 Å². The first kappa shape index (κ1) is 12.3. The maximum absolute atomic E-state index is 11.6. The molecule has 84 valence electrons. The molecule has 1 aromatic heterocycles. The third kappa shape index (κ3) is 3.39. The van der Waals surface area contributed by atoms with Crippen LogP contribution in [0.1, 0.15) is 31.2 Å². The van der Waals surface area contributed by atoms with Crippen LogP contribution >= 0.6 is 0 Å². The summed E-state index contributed by atoms with van der Waals surface area (Å²) in [4.78, 5) is 11.6. The Morgan fingerprint density at radius 1 is 1.44 bits per heavy atom. The number of rotatable bonds is 6. The molecule has 0 aliphatic carbocycles. The van der Waals surface area contributed by atoms with Crippen LogP contribution in [-0.4, -0.2) is 4.57 Å². The summed E-state index contributed by atoms with van der Waals surface area (Å²) in [6, 6.07) is 5.19. The minimum atomic E-state index is -0.186. The van der Waals surface area contributed by atoms with Crippen molar-refractivity contribution in [3.05, 3.63) is 46.9 Å². The van der Waals surface area contributed by atoms with E-state index in [1.165, 1.54) is 0 Å². The fourth-order valence-electron chi connectivity index (χ4n) is 1.55. The number of aryl methyl sites for hydroxylation is 1. The first-order valence-corrected chi connectivity index (χ1v) is 5.50. The summed E-state index contributed by atoms with van der Waals surface area (Å²) in [5, 5.41) is 8.71. The van der Waals surface area contributed by atoms with Gasteiger partial charge in [-0.15, -0.1) is 6.58 Å². The molecule has 0 aliphatic rings. The second-order valence-electron chi connectivity index (χ2n) is 3.67. The van der Waals surface area contributed by atoms with Crippen molar-refractivity contribution in [2.24, 2.45) is 0 Å². The fourth-order valence-corrected chi connectivity index (χ4v) is 1.55. The molecular formula is C13H16N2O. The van der Waals surface area contributed by atoms with Gasteiger partial charge in [0.25, 0.3) is 5.56 Å². The second kappa shape index (κ2) is 6.62. The second-order valence-corrected chi connectivity index (χ2v) is 3.67. The van der Waals surface area contributed by atoms with Gasteiger partial charge in [-0.2, -0.15) is 5.26 Å². The van der Waals surface area contributed by atoms with Crippen LogP contribution in [0.25, 0.3) is 0 Å². The van der Waals surface area contributed by atoms with Gasteiger partial charge < -0.3 is 4.57 Å². The molecule has 0 aromatic carbocycles. The number of unbranched alkanes of at least 4 members (excludes halogenated alkanes) is 3. The normalized spacial score (nSPS) is 9.69. The minimum absolute atomic E-state index is 0.186. The van der Waals surface area contributed by atoms with Gasteiger partial charge in [0.2, 0.25) is 0 Å². The lowest BCUT2D eigenvalue weighted by Crippen LogP contribution is -2.21. The van der Waals surface area contributed by atoms with Crippen LogP contribution < -0.4 is 5.56 Å². The van der Waals surface area contributed by atoms with Crippen molar-refractivity contribution in [3.63, 3.8) is 0 Å². The summed E-state index contributed by atoms with van der Waals surface area (Å²) >= 11 is 0. The van der Waals surface area contributed by atoms with Crippen molar-refractivity contribution in [2.45, 2.75) is 32.2 Å². The number of hydrogen-bond acceptors (Lipinski definition) is 2. The summed E-state index contributed by atoms with van der Waals surface area (Å²) in [7, 11) is 0. The zero-order valence-electron chi connectivity index (χ0n) is 9.35. The zero-order chi connectivity index (χ0) is 11.8. The lowest BCUT2D eigenvalue weighted by atomic mass is 10.2. The van der Waals surface area contributed by atoms with E-state index in [0.29, 0.717) is 6.54 Å². The Morgan fingerprint density at radius 3 is 2.94 bits per heavy atom. The molecule has 0 saturated heterocycles. The molecule has 0 unspecified atom stereocenters. The molecule has 1 aromatic rings. The number of aromatic nitrogens is 1. The SMILES string of the molecule is C=CCCCCCn1cccc(C#N)c1=O. The van der Waals surface area contributed by atoms with Crippen LogP contribution in [0.5, 0.6) is 0 Å². The van der Waals surface area contributed by atoms with Gasteiger partial charge >= 0.3 is 0 Å². The highest BCUT2D eigenvalue weighted by Crippen LogP contribution is 2.01. The highest BCUT2D eigenvalue weighted by atomic mass is 16.1. The van der Waals surface area contributed by atoms with Crippen LogP contribution in [-0.2, 0) is 6.54 Å². The number of nitrogens with zero attached hydrogens (tertiary/aromatic N) is 2. The first-order valence-electron chi connectivity index (χ1n) is 5.50. The highest BCUT2D eigenvalue weighted by molar-refractivity contribution is 5.24. The van der Waals surface area contributed by atoms with Crippen LogP contribution in [0.2, 0.25) is 0 Å². The molecule has 3 nitrogen and oxygen atoms in total. The first-order chi connectivity index (χ1) is 7.79. The van der Waals surface area contributed by atoms with Gasteiger partial charge in [-0.25, -0.2) is 0 Å². The highest BCUT2D eigenvalue weighted by Gasteiger charge is 2.00. The van der Waals surface area contributed by atoms with Crippen molar-refractivity contribution in [3.8, 4) is 6.07 Å². The molecule has 0 aliphatic heterocycles. The van der Waals surface area contributed by atoms with Gasteiger partial charge in [-0.05, 0) is 31.4 Å². The Bertz CT molecular complexity index is 440. The van der Waals surface area contributed by atoms with E-state index < -0.39 is 0 Å². The van der Waals surface area contributed by atoms with Crippen molar-refractivity contribution in [1.29, 1.82) is 5.26 Å². The van der Waals surface area contributed by atoms with Gasteiger partial charge in [0.1, 0.15) is 11.6 Å². The largest absolute Gasteiger partial charge is 0.314 e. The Hall–Kier alpha value is -1.82. The number of nitriles is 1. The van der Waals surface area contributed by atoms with Gasteiger partial charge in [-0.1, -0.05) is 12.5 Å². The Balaban J connectivity index is 2.52. The quantitative estimate of drug-likeness (QED) is 0.541. The van der Waals surface area contributed by atoms with E-state index in [2.05, 4.69) is 6.58 Å². The molecule has 0 fully saturated rings. The summed E-state index contributed by atoms with van der Waals surface area (Å²) < 4.78 is 1.60. The maximum atomic E-state index is 11.6. The maximum Gasteiger partial charge on any atom is 0.268 e. The smallest absolute Gasteiger partial charge is 0.268 e. The summed E-state index contributed by atoms with van der Waals surface area (Å²) in [6.07, 6.45) is 7.81. The number of hydrogen-bond donors (Lipinski definition) is 0. The van der Waals surface area contributed by atoms with Gasteiger partial charge in [0, 0.05) is 12.7 Å². The molecule has 0 atom stereocenters. The third-order valence-corrected chi connectivity index (χ3v) is 2.45. The monoisotopic (exact) mass is 216 g/mol. The molecule has 0 amide bonds. The lowest BCUT2D eigenvalue weighted by molar-refractivity contribution is 0.577. The van der Waals surface area contributed by atoms with Crippen molar-refractivity contribution in [1.82, 2.24) is 4.57 Å². The Kier molecular flexibility index (Phi) is 5.07. The van der Waals surface area contributed by atoms with Gasteiger partial charge in [0.05, 0.1) is 0 Å². The van der Waals surface area contributed by atoms with Crippen LogP contribution in [0.3, 0.4) is 0 Å². The molecule has 3 heteroatoms. The molecule has 0 spiro atoms. The average molecular weight is 216 g/mol. The molecule has 16 heavy (non-hydrogen) atoms. The van der Waals surface area contributed by atoms with E-state index in [4.69, 9.17) is 5.26 Å². The lowest BCUT2D eigenvalue weighted by Gasteiger charge is -2.04. The number of allylic oxidation sites excluding steroid dienone is 1. The standard InChI is InChI=1S/C13H16N2O/c1-2-3-4-5-6-9-15-10-7-8-12(11-14)13(15)16/h2,7-8,10H,1,3-6,9H2. The van der Waals surface area contributed by atoms with Gasteiger partial charge in [0.15, 0.2) is 0 Å². The molecule has 1 rings (SSSR count). The number of pyridine rings is 1. The van der Waals surface area contributed by atoms with Crippen molar-refractivity contribution < 1.29 is 0 Å². The Labute approximate surface area is 95.6 Å². The van der Waals surface area contributed by atoms with Crippen molar-refractivity contribution >= 4 is 0 Å². The predicted octanol–water partition coefficient (Wildman–Crippen LogP) is 2.47. The van der Waals surface area contributed by atoms with Crippen molar-refractivity contribution in [2.75, 3.05) is 0 Å². The van der Waals surface area contributed by atoms with Crippen LogP contribution in [0, 0.1) is 11.3 Å². The third-order valence-electron chi connectivity index (χ3n) is 2.45. The van der Waals surface area contributed by atoms with Gasteiger partial charge in [-0.3, -0.25) is 4.79 Å². The summed E-state index contributed by atoms with van der Waals surface area (Å²) in [6.45, 7) is 4.35. The predicted molar refractivity (Wildman–Crippen MR) is 64.1 cm³/mol. The molecule has 0 saturated carbocycles. The van der Waals surface area contributed by atoms with E-state index in [9.17, 15) is 4.79 Å². The molecule has 0 bridgehead atoms. The molecule has 1 heterocycles. The van der Waals surface area contributed by atoms with Crippen LogP contribution in [0.4, 0.5) is 0 Å². The zero-order valence-corrected chi connectivity index (χ0v) is 9.35. The Morgan fingerprint density at radius 2 is 2.25 bits per heavy atom. The summed E-state index contributed by atoms with van der Waals surface area (Å²) in [5.41, 5.74) is 0.0299.